The first-order valence-corrected chi connectivity index (χ1v) is 8.22. The van der Waals surface area contributed by atoms with E-state index in [9.17, 15) is 13.2 Å². The summed E-state index contributed by atoms with van der Waals surface area (Å²) in [6.07, 6.45) is 1.50. The lowest BCUT2D eigenvalue weighted by Crippen LogP contribution is -2.22. The van der Waals surface area contributed by atoms with E-state index in [1.165, 1.54) is 6.92 Å². The van der Waals surface area contributed by atoms with E-state index < -0.39 is 16.1 Å². The van der Waals surface area contributed by atoms with Crippen LogP contribution in [0.3, 0.4) is 0 Å². The van der Waals surface area contributed by atoms with Gasteiger partial charge in [0.05, 0.1) is 26.6 Å². The zero-order valence-electron chi connectivity index (χ0n) is 12.4. The molecule has 0 aromatic heterocycles. The van der Waals surface area contributed by atoms with Gasteiger partial charge in [-0.3, -0.25) is 8.98 Å². The molecule has 6 nitrogen and oxygen atoms in total. The van der Waals surface area contributed by atoms with Crippen molar-refractivity contribution in [3.63, 3.8) is 0 Å². The maximum Gasteiger partial charge on any atom is 0.302 e. The molecular formula is C14H20O6S. The summed E-state index contributed by atoms with van der Waals surface area (Å²) in [4.78, 5) is 10.9. The minimum Gasteiger partial charge on any atom is -0.497 e. The number of hydrogen-bond donors (Lipinski definition) is 0. The molecule has 7 heteroatoms. The van der Waals surface area contributed by atoms with Crippen LogP contribution in [0.25, 0.3) is 0 Å². The molecule has 0 amide bonds. The van der Waals surface area contributed by atoms with Crippen molar-refractivity contribution < 1.29 is 26.9 Å². The number of rotatable bonds is 8. The van der Waals surface area contributed by atoms with Crippen LogP contribution in [0.4, 0.5) is 0 Å². The number of ether oxygens (including phenoxy) is 2. The van der Waals surface area contributed by atoms with E-state index in [1.807, 2.05) is 24.3 Å². The fraction of sp³-hybridized carbons (Fsp3) is 0.500. The summed E-state index contributed by atoms with van der Waals surface area (Å²) in [5.41, 5.74) is 0.948. The standard InChI is InChI=1S/C14H20O6S/c1-11(15)19-9-13(10-20-21(3,16)17)7-12-5-4-6-14(8-12)18-2/h4-6,8,13H,7,9-10H2,1-3H3/t13-/m1/s1. The van der Waals surface area contributed by atoms with Crippen molar-refractivity contribution in [3.8, 4) is 5.75 Å². The van der Waals surface area contributed by atoms with Gasteiger partial charge < -0.3 is 9.47 Å². The fourth-order valence-electron chi connectivity index (χ4n) is 1.75. The molecule has 0 unspecified atom stereocenters. The average molecular weight is 316 g/mol. The Hall–Kier alpha value is -1.60. The summed E-state index contributed by atoms with van der Waals surface area (Å²) in [5.74, 6) is 0.0449. The maximum atomic E-state index is 11.1. The SMILES string of the molecule is COc1cccc(C[C@H](COC(C)=O)COS(C)(=O)=O)c1. The summed E-state index contributed by atoms with van der Waals surface area (Å²) in [5, 5.41) is 0. The summed E-state index contributed by atoms with van der Waals surface area (Å²) < 4.78 is 37.0. The first kappa shape index (κ1) is 17.5. The van der Waals surface area contributed by atoms with E-state index in [1.54, 1.807) is 7.11 Å². The van der Waals surface area contributed by atoms with Gasteiger partial charge in [-0.15, -0.1) is 0 Å². The van der Waals surface area contributed by atoms with Crippen molar-refractivity contribution in [2.45, 2.75) is 13.3 Å². The first-order valence-electron chi connectivity index (χ1n) is 6.41. The highest BCUT2D eigenvalue weighted by atomic mass is 32.2. The molecule has 21 heavy (non-hydrogen) atoms. The molecule has 1 aromatic rings. The Labute approximate surface area is 125 Å². The highest BCUT2D eigenvalue weighted by Gasteiger charge is 2.15. The Morgan fingerprint density at radius 3 is 2.57 bits per heavy atom. The van der Waals surface area contributed by atoms with E-state index in [2.05, 4.69) is 0 Å². The van der Waals surface area contributed by atoms with Gasteiger partial charge in [-0.2, -0.15) is 8.42 Å². The van der Waals surface area contributed by atoms with Crippen LogP contribution in [-0.4, -0.2) is 41.0 Å². The second-order valence-electron chi connectivity index (χ2n) is 4.71. The van der Waals surface area contributed by atoms with Gasteiger partial charge in [-0.05, 0) is 24.1 Å². The molecule has 0 fully saturated rings. The quantitative estimate of drug-likeness (QED) is 0.533. The summed E-state index contributed by atoms with van der Waals surface area (Å²) in [6, 6.07) is 7.40. The van der Waals surface area contributed by atoms with Gasteiger partial charge in [0.2, 0.25) is 0 Å². The molecule has 1 atom stereocenters. The number of methoxy groups -OCH3 is 1. The lowest BCUT2D eigenvalue weighted by molar-refractivity contribution is -0.142. The van der Waals surface area contributed by atoms with Crippen molar-refractivity contribution >= 4 is 16.1 Å². The molecule has 0 spiro atoms. The van der Waals surface area contributed by atoms with Crippen molar-refractivity contribution in [2.24, 2.45) is 5.92 Å². The van der Waals surface area contributed by atoms with Crippen LogP contribution in [-0.2, 0) is 30.3 Å². The van der Waals surface area contributed by atoms with Crippen LogP contribution < -0.4 is 4.74 Å². The van der Waals surface area contributed by atoms with E-state index >= 15 is 0 Å². The van der Waals surface area contributed by atoms with Crippen molar-refractivity contribution in [2.75, 3.05) is 26.6 Å². The zero-order chi connectivity index (χ0) is 15.9. The molecular weight excluding hydrogens is 296 g/mol. The molecule has 1 rings (SSSR count). The van der Waals surface area contributed by atoms with Gasteiger partial charge in [-0.25, -0.2) is 0 Å². The Morgan fingerprint density at radius 2 is 2.00 bits per heavy atom. The van der Waals surface area contributed by atoms with Gasteiger partial charge in [0.25, 0.3) is 10.1 Å². The molecule has 0 radical (unpaired) electrons. The number of carbonyl (C=O) groups excluding carboxylic acids is 1. The van der Waals surface area contributed by atoms with Crippen LogP contribution >= 0.6 is 0 Å². The topological polar surface area (TPSA) is 78.9 Å². The maximum absolute atomic E-state index is 11.1. The predicted octanol–water partition coefficient (Wildman–Crippen LogP) is 1.39. The molecule has 0 bridgehead atoms. The number of hydrogen-bond acceptors (Lipinski definition) is 6. The van der Waals surface area contributed by atoms with Gasteiger partial charge in [0.1, 0.15) is 5.75 Å². The largest absolute Gasteiger partial charge is 0.497 e. The van der Waals surface area contributed by atoms with E-state index in [0.29, 0.717) is 12.2 Å². The van der Waals surface area contributed by atoms with Crippen LogP contribution in [0.1, 0.15) is 12.5 Å². The van der Waals surface area contributed by atoms with Crippen LogP contribution in [0.15, 0.2) is 24.3 Å². The van der Waals surface area contributed by atoms with E-state index in [-0.39, 0.29) is 19.1 Å². The van der Waals surface area contributed by atoms with Crippen molar-refractivity contribution in [1.29, 1.82) is 0 Å². The van der Waals surface area contributed by atoms with Gasteiger partial charge >= 0.3 is 5.97 Å². The lowest BCUT2D eigenvalue weighted by atomic mass is 10.0. The molecule has 0 aliphatic heterocycles. The highest BCUT2D eigenvalue weighted by molar-refractivity contribution is 7.85. The molecule has 0 N–H and O–H groups in total. The lowest BCUT2D eigenvalue weighted by Gasteiger charge is -2.16. The third-order valence-corrected chi connectivity index (χ3v) is 3.26. The summed E-state index contributed by atoms with van der Waals surface area (Å²) >= 11 is 0. The minimum absolute atomic E-state index is 0.0384. The second-order valence-corrected chi connectivity index (χ2v) is 6.36. The third-order valence-electron chi connectivity index (χ3n) is 2.70. The third kappa shape index (κ3) is 7.67. The van der Waals surface area contributed by atoms with Gasteiger partial charge in [0, 0.05) is 12.8 Å². The Kier molecular flexibility index (Phi) is 6.64. The summed E-state index contributed by atoms with van der Waals surface area (Å²) in [6.45, 7) is 1.37. The van der Waals surface area contributed by atoms with Crippen LogP contribution in [0.2, 0.25) is 0 Å². The Morgan fingerprint density at radius 1 is 1.29 bits per heavy atom. The molecule has 0 aliphatic carbocycles. The van der Waals surface area contributed by atoms with Crippen molar-refractivity contribution in [3.05, 3.63) is 29.8 Å². The number of esters is 1. The van der Waals surface area contributed by atoms with Crippen LogP contribution in [0, 0.1) is 5.92 Å². The average Bonchev–Trinajstić information content (AvgIpc) is 2.41. The normalized spacial score (nSPS) is 12.7. The predicted molar refractivity (Wildman–Crippen MR) is 77.6 cm³/mol. The van der Waals surface area contributed by atoms with E-state index in [0.717, 1.165) is 11.8 Å². The number of carbonyl (C=O) groups is 1. The molecule has 0 saturated heterocycles. The zero-order valence-corrected chi connectivity index (χ0v) is 13.2. The van der Waals surface area contributed by atoms with Gasteiger partial charge in [0.15, 0.2) is 0 Å². The second kappa shape index (κ2) is 7.99. The summed E-state index contributed by atoms with van der Waals surface area (Å²) in [7, 11) is -1.96. The molecule has 0 saturated carbocycles. The molecule has 118 valence electrons. The Balaban J connectivity index is 2.72. The fourth-order valence-corrected chi connectivity index (χ4v) is 2.19. The minimum atomic E-state index is -3.53. The van der Waals surface area contributed by atoms with Gasteiger partial charge in [-0.1, -0.05) is 12.1 Å². The molecule has 0 heterocycles. The van der Waals surface area contributed by atoms with Crippen LogP contribution in [0.5, 0.6) is 5.75 Å². The number of benzene rings is 1. The highest BCUT2D eigenvalue weighted by Crippen LogP contribution is 2.17. The first-order chi connectivity index (χ1) is 9.80. The smallest absolute Gasteiger partial charge is 0.302 e. The van der Waals surface area contributed by atoms with Crippen molar-refractivity contribution in [1.82, 2.24) is 0 Å². The van der Waals surface area contributed by atoms with E-state index in [4.69, 9.17) is 13.7 Å². The Bertz CT molecular complexity index is 567. The molecule has 0 aliphatic rings. The monoisotopic (exact) mass is 316 g/mol. The molecule has 1 aromatic carbocycles.